The van der Waals surface area contributed by atoms with Crippen LogP contribution in [0.25, 0.3) is 5.69 Å². The lowest BCUT2D eigenvalue weighted by molar-refractivity contribution is 0.0878. The number of amides is 3. The van der Waals surface area contributed by atoms with Gasteiger partial charge in [-0.1, -0.05) is 0 Å². The molecule has 0 aliphatic carbocycles. The van der Waals surface area contributed by atoms with Gasteiger partial charge in [-0.2, -0.15) is 0 Å². The Labute approximate surface area is 139 Å². The van der Waals surface area contributed by atoms with Crippen molar-refractivity contribution in [2.45, 2.75) is 4.90 Å². The summed E-state index contributed by atoms with van der Waals surface area (Å²) >= 11 is 0. The molecule has 0 saturated heterocycles. The van der Waals surface area contributed by atoms with E-state index in [0.717, 1.165) is 16.7 Å². The number of imide groups is 1. The molecule has 11 heteroatoms. The number of benzene rings is 1. The van der Waals surface area contributed by atoms with Gasteiger partial charge < -0.3 is 5.73 Å². The van der Waals surface area contributed by atoms with Crippen LogP contribution in [0.4, 0.5) is 5.82 Å². The molecule has 126 valence electrons. The van der Waals surface area contributed by atoms with E-state index in [2.05, 4.69) is 0 Å². The van der Waals surface area contributed by atoms with Gasteiger partial charge in [0.05, 0.1) is 22.4 Å². The van der Waals surface area contributed by atoms with E-state index in [-0.39, 0.29) is 33.1 Å². The van der Waals surface area contributed by atoms with Crippen molar-refractivity contribution in [3.05, 3.63) is 51.3 Å². The van der Waals surface area contributed by atoms with Crippen LogP contribution in [0.3, 0.4) is 0 Å². The molecule has 1 aromatic carbocycles. The van der Waals surface area contributed by atoms with Crippen LogP contribution in [0.1, 0.15) is 31.1 Å². The SMILES string of the molecule is Nc1c2c(cc(=O)n1-c1ccc3c(c1)C(=O)NS3(=O)=O)C(=O)NC2=O. The molecular weight excluding hydrogens is 352 g/mol. The maximum atomic E-state index is 12.3. The van der Waals surface area contributed by atoms with E-state index in [1.807, 2.05) is 10.0 Å². The Balaban J connectivity index is 2.00. The van der Waals surface area contributed by atoms with Gasteiger partial charge in [0, 0.05) is 6.07 Å². The topological polar surface area (TPSA) is 157 Å². The quantitative estimate of drug-likeness (QED) is 0.535. The number of nitrogens with zero attached hydrogens (tertiary/aromatic N) is 1. The smallest absolute Gasteiger partial charge is 0.266 e. The van der Waals surface area contributed by atoms with Crippen molar-refractivity contribution in [1.29, 1.82) is 0 Å². The summed E-state index contributed by atoms with van der Waals surface area (Å²) in [5.41, 5.74) is 4.83. The van der Waals surface area contributed by atoms with Gasteiger partial charge in [0.1, 0.15) is 10.7 Å². The molecule has 2 aliphatic heterocycles. The largest absolute Gasteiger partial charge is 0.384 e. The number of nitrogen functional groups attached to an aromatic ring is 1. The fourth-order valence-electron chi connectivity index (χ4n) is 2.85. The fourth-order valence-corrected chi connectivity index (χ4v) is 4.00. The summed E-state index contributed by atoms with van der Waals surface area (Å²) in [4.78, 5) is 47.4. The molecule has 25 heavy (non-hydrogen) atoms. The average Bonchev–Trinajstić information content (AvgIpc) is 2.92. The minimum absolute atomic E-state index is 0.0865. The number of pyridine rings is 1. The Bertz CT molecular complexity index is 1190. The third-order valence-corrected chi connectivity index (χ3v) is 5.33. The number of nitrogens with two attached hydrogens (primary N) is 1. The van der Waals surface area contributed by atoms with Gasteiger partial charge in [-0.3, -0.25) is 29.1 Å². The first-order chi connectivity index (χ1) is 11.7. The summed E-state index contributed by atoms with van der Waals surface area (Å²) < 4.78 is 26.3. The Morgan fingerprint density at radius 2 is 1.64 bits per heavy atom. The number of carbonyl (C=O) groups is 3. The third kappa shape index (κ3) is 1.92. The number of sulfonamides is 1. The van der Waals surface area contributed by atoms with Gasteiger partial charge in [0.15, 0.2) is 0 Å². The summed E-state index contributed by atoms with van der Waals surface area (Å²) in [6, 6.07) is 4.56. The van der Waals surface area contributed by atoms with Crippen molar-refractivity contribution in [2.75, 3.05) is 5.73 Å². The zero-order valence-electron chi connectivity index (χ0n) is 12.2. The van der Waals surface area contributed by atoms with Crippen molar-refractivity contribution in [2.24, 2.45) is 0 Å². The number of hydrogen-bond donors (Lipinski definition) is 3. The van der Waals surface area contributed by atoms with Gasteiger partial charge in [-0.15, -0.1) is 0 Å². The maximum Gasteiger partial charge on any atom is 0.266 e. The van der Waals surface area contributed by atoms with E-state index >= 15 is 0 Å². The zero-order chi connectivity index (χ0) is 18.1. The van der Waals surface area contributed by atoms with Crippen molar-refractivity contribution in [3.8, 4) is 5.69 Å². The van der Waals surface area contributed by atoms with Crippen molar-refractivity contribution in [3.63, 3.8) is 0 Å². The highest BCUT2D eigenvalue weighted by molar-refractivity contribution is 7.90. The summed E-state index contributed by atoms with van der Waals surface area (Å²) in [5, 5.41) is 2.03. The first-order valence-corrected chi connectivity index (χ1v) is 8.32. The molecule has 0 saturated carbocycles. The van der Waals surface area contributed by atoms with E-state index in [0.29, 0.717) is 0 Å². The molecule has 3 amide bonds. The van der Waals surface area contributed by atoms with Crippen LogP contribution in [0.2, 0.25) is 0 Å². The molecule has 2 aromatic rings. The van der Waals surface area contributed by atoms with E-state index in [1.54, 1.807) is 0 Å². The second-order valence-corrected chi connectivity index (χ2v) is 7.04. The average molecular weight is 360 g/mol. The van der Waals surface area contributed by atoms with Crippen LogP contribution >= 0.6 is 0 Å². The second kappa shape index (κ2) is 4.54. The molecule has 3 heterocycles. The molecule has 10 nitrogen and oxygen atoms in total. The van der Waals surface area contributed by atoms with Crippen LogP contribution in [0.5, 0.6) is 0 Å². The van der Waals surface area contributed by atoms with E-state index < -0.39 is 33.3 Å². The Kier molecular flexibility index (Phi) is 2.74. The molecule has 4 rings (SSSR count). The third-order valence-electron chi connectivity index (χ3n) is 3.94. The predicted octanol–water partition coefficient (Wildman–Crippen LogP) is -1.26. The van der Waals surface area contributed by atoms with Gasteiger partial charge in [0.2, 0.25) is 0 Å². The van der Waals surface area contributed by atoms with Gasteiger partial charge in [-0.05, 0) is 18.2 Å². The van der Waals surface area contributed by atoms with Crippen LogP contribution < -0.4 is 21.3 Å². The molecule has 2 aliphatic rings. The molecule has 0 unspecified atom stereocenters. The van der Waals surface area contributed by atoms with E-state index in [1.165, 1.54) is 12.1 Å². The fraction of sp³-hybridized carbons (Fsp3) is 0. The second-order valence-electron chi connectivity index (χ2n) is 5.39. The highest BCUT2D eigenvalue weighted by atomic mass is 32.2. The van der Waals surface area contributed by atoms with Gasteiger partial charge >= 0.3 is 0 Å². The minimum Gasteiger partial charge on any atom is -0.384 e. The summed E-state index contributed by atoms with van der Waals surface area (Å²) in [6.07, 6.45) is 0. The number of aromatic nitrogens is 1. The number of hydrogen-bond acceptors (Lipinski definition) is 7. The number of carbonyl (C=O) groups excluding carboxylic acids is 3. The Morgan fingerprint density at radius 3 is 2.36 bits per heavy atom. The minimum atomic E-state index is -3.93. The molecular formula is C14H8N4O6S. The first-order valence-electron chi connectivity index (χ1n) is 6.83. The maximum absolute atomic E-state index is 12.3. The Hall–Kier alpha value is -3.47. The number of fused-ring (bicyclic) bond motifs is 2. The van der Waals surface area contributed by atoms with Crippen molar-refractivity contribution >= 4 is 33.6 Å². The summed E-state index contributed by atoms with van der Waals surface area (Å²) in [7, 11) is -3.93. The molecule has 0 spiro atoms. The van der Waals surface area contributed by atoms with Crippen molar-refractivity contribution < 1.29 is 22.8 Å². The van der Waals surface area contributed by atoms with Crippen LogP contribution in [0.15, 0.2) is 34.0 Å². The lowest BCUT2D eigenvalue weighted by Gasteiger charge is -2.12. The number of rotatable bonds is 1. The monoisotopic (exact) mass is 360 g/mol. The number of anilines is 1. The molecule has 0 atom stereocenters. The molecule has 0 fully saturated rings. The van der Waals surface area contributed by atoms with E-state index in [9.17, 15) is 27.6 Å². The van der Waals surface area contributed by atoms with Crippen LogP contribution in [0, 0.1) is 0 Å². The molecule has 4 N–H and O–H groups in total. The van der Waals surface area contributed by atoms with Gasteiger partial charge in [0.25, 0.3) is 33.3 Å². The first kappa shape index (κ1) is 15.1. The van der Waals surface area contributed by atoms with Crippen LogP contribution in [-0.4, -0.2) is 30.7 Å². The molecule has 0 bridgehead atoms. The van der Waals surface area contributed by atoms with E-state index in [4.69, 9.17) is 5.73 Å². The van der Waals surface area contributed by atoms with Gasteiger partial charge in [-0.25, -0.2) is 13.1 Å². The highest BCUT2D eigenvalue weighted by Gasteiger charge is 2.34. The summed E-state index contributed by atoms with van der Waals surface area (Å²) in [5.74, 6) is -2.59. The lowest BCUT2D eigenvalue weighted by Crippen LogP contribution is -2.24. The standard InChI is InChI=1S/C14H8N4O6S/c15-11-10-7(12(20)16-14(10)22)4-9(19)18(11)5-1-2-8-6(3-5)13(21)17-25(8,23)24/h1-4H,15H2,(H,17,21)(H,16,20,22). The predicted molar refractivity (Wildman–Crippen MR) is 82.9 cm³/mol. The summed E-state index contributed by atoms with van der Waals surface area (Å²) in [6.45, 7) is 0. The van der Waals surface area contributed by atoms with Crippen LogP contribution in [-0.2, 0) is 10.0 Å². The normalized spacial score (nSPS) is 17.0. The Morgan fingerprint density at radius 1 is 0.920 bits per heavy atom. The lowest BCUT2D eigenvalue weighted by atomic mass is 10.1. The highest BCUT2D eigenvalue weighted by Crippen LogP contribution is 2.27. The zero-order valence-corrected chi connectivity index (χ0v) is 13.0. The number of nitrogens with one attached hydrogen (secondary N) is 2. The molecule has 1 aromatic heterocycles. The van der Waals surface area contributed by atoms with Crippen molar-refractivity contribution in [1.82, 2.24) is 14.6 Å². The molecule has 0 radical (unpaired) electrons.